The number of aryl methyl sites for hydroxylation is 1. The fraction of sp³-hybridized carbons (Fsp3) is 0.353. The smallest absolute Gasteiger partial charge is 0.297 e. The molecule has 0 radical (unpaired) electrons. The number of halogens is 1. The van der Waals surface area contributed by atoms with Gasteiger partial charge in [0.2, 0.25) is 0 Å². The zero-order valence-electron chi connectivity index (χ0n) is 14.1. The van der Waals surface area contributed by atoms with Crippen LogP contribution in [0.15, 0.2) is 35.5 Å². The summed E-state index contributed by atoms with van der Waals surface area (Å²) in [7, 11) is 0. The van der Waals surface area contributed by atoms with Crippen molar-refractivity contribution in [1.29, 1.82) is 0 Å². The predicted octanol–water partition coefficient (Wildman–Crippen LogP) is 2.84. The van der Waals surface area contributed by atoms with Crippen LogP contribution in [-0.4, -0.2) is 33.5 Å². The molecule has 132 valence electrons. The van der Waals surface area contributed by atoms with Gasteiger partial charge in [0.05, 0.1) is 16.8 Å². The van der Waals surface area contributed by atoms with E-state index in [0.717, 1.165) is 4.70 Å². The van der Waals surface area contributed by atoms with Crippen LogP contribution in [-0.2, 0) is 17.8 Å². The van der Waals surface area contributed by atoms with Crippen LogP contribution >= 0.6 is 11.3 Å². The average molecular weight is 362 g/mol. The van der Waals surface area contributed by atoms with Crippen molar-refractivity contribution in [3.63, 3.8) is 0 Å². The minimum atomic E-state index is -0.392. The molecule has 3 aromatic rings. The van der Waals surface area contributed by atoms with E-state index in [9.17, 15) is 9.18 Å². The average Bonchev–Trinajstić information content (AvgIpc) is 3.20. The van der Waals surface area contributed by atoms with E-state index in [1.807, 2.05) is 19.9 Å². The minimum Gasteiger partial charge on any atom is -0.380 e. The Hall–Kier alpha value is -2.32. The second-order valence-corrected chi connectivity index (χ2v) is 6.28. The Morgan fingerprint density at radius 2 is 2.20 bits per heavy atom. The third-order valence-electron chi connectivity index (χ3n) is 3.75. The van der Waals surface area contributed by atoms with Gasteiger partial charge in [0, 0.05) is 25.9 Å². The maximum absolute atomic E-state index is 14.3. The van der Waals surface area contributed by atoms with E-state index < -0.39 is 5.91 Å². The van der Waals surface area contributed by atoms with Crippen molar-refractivity contribution >= 4 is 27.5 Å². The maximum atomic E-state index is 14.3. The van der Waals surface area contributed by atoms with Crippen LogP contribution in [0.1, 0.15) is 24.3 Å². The molecule has 1 amide bonds. The van der Waals surface area contributed by atoms with Crippen molar-refractivity contribution in [3.05, 3.63) is 46.8 Å². The summed E-state index contributed by atoms with van der Waals surface area (Å²) in [5, 5.41) is 4.09. The maximum Gasteiger partial charge on any atom is 0.297 e. The Balaban J connectivity index is 2.09. The van der Waals surface area contributed by atoms with Crippen LogP contribution in [0.25, 0.3) is 10.2 Å². The second-order valence-electron chi connectivity index (χ2n) is 5.27. The summed E-state index contributed by atoms with van der Waals surface area (Å²) in [6.45, 7) is 5.80. The molecule has 3 rings (SSSR count). The highest BCUT2D eigenvalue weighted by Gasteiger charge is 2.14. The van der Waals surface area contributed by atoms with Crippen LogP contribution in [0.4, 0.5) is 4.39 Å². The van der Waals surface area contributed by atoms with E-state index >= 15 is 0 Å². The zero-order valence-corrected chi connectivity index (χ0v) is 14.9. The lowest BCUT2D eigenvalue weighted by Crippen LogP contribution is -2.21. The van der Waals surface area contributed by atoms with E-state index in [0.29, 0.717) is 42.3 Å². The molecule has 0 unspecified atom stereocenters. The first-order chi connectivity index (χ1) is 12.2. The van der Waals surface area contributed by atoms with Crippen LogP contribution < -0.4 is 4.80 Å². The largest absolute Gasteiger partial charge is 0.380 e. The third kappa shape index (κ3) is 3.54. The minimum absolute atomic E-state index is 0.335. The highest BCUT2D eigenvalue weighted by atomic mass is 32.1. The molecule has 0 spiro atoms. The van der Waals surface area contributed by atoms with Crippen molar-refractivity contribution < 1.29 is 13.9 Å². The first-order valence-electron chi connectivity index (χ1n) is 8.12. The summed E-state index contributed by atoms with van der Waals surface area (Å²) in [4.78, 5) is 17.2. The van der Waals surface area contributed by atoms with Gasteiger partial charge in [0.15, 0.2) is 4.80 Å². The molecule has 0 atom stereocenters. The number of nitrogens with zero attached hydrogens (tertiary/aromatic N) is 4. The Bertz CT molecular complexity index is 957. The number of carbonyl (C=O) groups excluding carboxylic acids is 1. The number of hydrogen-bond acceptors (Lipinski definition) is 4. The van der Waals surface area contributed by atoms with Crippen molar-refractivity contribution in [2.45, 2.75) is 26.9 Å². The molecule has 0 saturated heterocycles. The topological polar surface area (TPSA) is 61.4 Å². The lowest BCUT2D eigenvalue weighted by atomic mass is 10.3. The molecular formula is C17H19FN4O2S. The normalized spacial score (nSPS) is 12.2. The third-order valence-corrected chi connectivity index (χ3v) is 4.79. The van der Waals surface area contributed by atoms with Crippen molar-refractivity contribution in [1.82, 2.24) is 14.3 Å². The highest BCUT2D eigenvalue weighted by molar-refractivity contribution is 7.16. The lowest BCUT2D eigenvalue weighted by molar-refractivity contribution is 0.0986. The first kappa shape index (κ1) is 17.5. The Labute approximate surface area is 148 Å². The van der Waals surface area contributed by atoms with Crippen molar-refractivity contribution in [2.24, 2.45) is 4.99 Å². The van der Waals surface area contributed by atoms with Gasteiger partial charge in [0.25, 0.3) is 5.91 Å². The predicted molar refractivity (Wildman–Crippen MR) is 94.1 cm³/mol. The number of para-hydroxylation sites is 1. The van der Waals surface area contributed by atoms with E-state index in [2.05, 4.69) is 10.1 Å². The summed E-state index contributed by atoms with van der Waals surface area (Å²) < 4.78 is 23.7. The van der Waals surface area contributed by atoms with Gasteiger partial charge < -0.3 is 9.30 Å². The Morgan fingerprint density at radius 3 is 2.96 bits per heavy atom. The van der Waals surface area contributed by atoms with Gasteiger partial charge in [-0.15, -0.1) is 0 Å². The number of carbonyl (C=O) groups is 1. The van der Waals surface area contributed by atoms with Crippen LogP contribution in [0.5, 0.6) is 0 Å². The van der Waals surface area contributed by atoms with Gasteiger partial charge in [0.1, 0.15) is 11.5 Å². The van der Waals surface area contributed by atoms with Crippen LogP contribution in [0.3, 0.4) is 0 Å². The van der Waals surface area contributed by atoms with Gasteiger partial charge in [-0.25, -0.2) is 4.39 Å². The summed E-state index contributed by atoms with van der Waals surface area (Å²) in [6, 6.07) is 6.51. The first-order valence-corrected chi connectivity index (χ1v) is 8.93. The van der Waals surface area contributed by atoms with E-state index in [1.54, 1.807) is 27.6 Å². The number of ether oxygens (including phenoxy) is 1. The molecule has 0 fully saturated rings. The van der Waals surface area contributed by atoms with Crippen LogP contribution in [0.2, 0.25) is 0 Å². The Kier molecular flexibility index (Phi) is 5.40. The lowest BCUT2D eigenvalue weighted by Gasteiger charge is -2.06. The molecule has 0 aliphatic rings. The standard InChI is InChI=1S/C17H19FN4O2S/c1-3-22-13(8-9-19-22)16(23)20-17-21(10-11-24-4-2)15-12(18)6-5-7-14(15)25-17/h5-9H,3-4,10-11H2,1-2H3. The Morgan fingerprint density at radius 1 is 1.36 bits per heavy atom. The molecule has 2 aromatic heterocycles. The molecule has 0 bridgehead atoms. The highest BCUT2D eigenvalue weighted by Crippen LogP contribution is 2.20. The molecule has 0 saturated carbocycles. The van der Waals surface area contributed by atoms with Gasteiger partial charge in [-0.3, -0.25) is 9.48 Å². The summed E-state index contributed by atoms with van der Waals surface area (Å²) >= 11 is 1.29. The fourth-order valence-corrected chi connectivity index (χ4v) is 3.66. The number of hydrogen-bond donors (Lipinski definition) is 0. The van der Waals surface area contributed by atoms with Gasteiger partial charge >= 0.3 is 0 Å². The SMILES string of the molecule is CCOCCn1c(=NC(=O)c2ccnn2CC)sc2cccc(F)c21. The molecule has 0 aliphatic heterocycles. The quantitative estimate of drug-likeness (QED) is 0.634. The molecule has 1 aromatic carbocycles. The molecule has 0 N–H and O–H groups in total. The zero-order chi connectivity index (χ0) is 17.8. The number of benzene rings is 1. The summed E-state index contributed by atoms with van der Waals surface area (Å²) in [5.41, 5.74) is 0.861. The van der Waals surface area contributed by atoms with Crippen molar-refractivity contribution in [3.8, 4) is 0 Å². The summed E-state index contributed by atoms with van der Waals surface area (Å²) in [6.07, 6.45) is 1.57. The monoisotopic (exact) mass is 362 g/mol. The number of amides is 1. The summed E-state index contributed by atoms with van der Waals surface area (Å²) in [5.74, 6) is -0.728. The van der Waals surface area contributed by atoms with Crippen molar-refractivity contribution in [2.75, 3.05) is 13.2 Å². The number of aromatic nitrogens is 3. The molecule has 0 aliphatic carbocycles. The molecular weight excluding hydrogens is 343 g/mol. The van der Waals surface area contributed by atoms with Gasteiger partial charge in [-0.05, 0) is 32.0 Å². The number of fused-ring (bicyclic) bond motifs is 1. The number of rotatable bonds is 6. The van der Waals surface area contributed by atoms with Gasteiger partial charge in [-0.2, -0.15) is 10.1 Å². The molecule has 25 heavy (non-hydrogen) atoms. The van der Waals surface area contributed by atoms with Crippen LogP contribution in [0, 0.1) is 5.82 Å². The number of thiazole rings is 1. The van der Waals surface area contributed by atoms with E-state index in [-0.39, 0.29) is 5.82 Å². The fourth-order valence-electron chi connectivity index (χ4n) is 2.59. The molecule has 8 heteroatoms. The molecule has 6 nitrogen and oxygen atoms in total. The molecule has 2 heterocycles. The second kappa shape index (κ2) is 7.71. The van der Waals surface area contributed by atoms with Gasteiger partial charge in [-0.1, -0.05) is 17.4 Å². The van der Waals surface area contributed by atoms with E-state index in [4.69, 9.17) is 4.74 Å². The van der Waals surface area contributed by atoms with E-state index in [1.165, 1.54) is 17.4 Å².